The lowest BCUT2D eigenvalue weighted by Crippen LogP contribution is -2.30. The third-order valence-corrected chi connectivity index (χ3v) is 10.9. The van der Waals surface area contributed by atoms with Gasteiger partial charge >= 0.3 is 11.8 Å². The molecular formula is C21H4F4N2O5S4. The van der Waals surface area contributed by atoms with Gasteiger partial charge in [-0.3, -0.25) is 19.2 Å². The number of nitrogens with zero attached hydrogens (tertiary/aromatic N) is 2. The molecule has 0 amide bonds. The Hall–Kier alpha value is -2.98. The molecule has 36 heavy (non-hydrogen) atoms. The van der Waals surface area contributed by atoms with E-state index in [1.165, 1.54) is 12.1 Å². The number of alkyl halides is 4. The van der Waals surface area contributed by atoms with Gasteiger partial charge in [0.25, 0.3) is 5.78 Å². The van der Waals surface area contributed by atoms with Crippen LogP contribution in [0.1, 0.15) is 57.6 Å². The molecule has 0 aliphatic heterocycles. The summed E-state index contributed by atoms with van der Waals surface area (Å²) < 4.78 is 55.0. The molecule has 4 aromatic rings. The number of fused-ring (bicyclic) bond motifs is 5. The van der Waals surface area contributed by atoms with Crippen molar-refractivity contribution in [1.82, 2.24) is 9.97 Å². The average Bonchev–Trinajstić information content (AvgIpc) is 3.66. The molecule has 1 N–H and O–H groups in total. The van der Waals surface area contributed by atoms with Crippen molar-refractivity contribution in [3.63, 3.8) is 0 Å². The van der Waals surface area contributed by atoms with Crippen LogP contribution in [0.3, 0.4) is 0 Å². The molecule has 4 aromatic heterocycles. The van der Waals surface area contributed by atoms with E-state index < -0.39 is 41.1 Å². The molecule has 7 rings (SSSR count). The minimum absolute atomic E-state index is 0.0887. The monoisotopic (exact) mass is 568 g/mol. The highest BCUT2D eigenvalue weighted by atomic mass is 32.1. The van der Waals surface area contributed by atoms with Crippen LogP contribution < -0.4 is 0 Å². The molecular weight excluding hydrogens is 565 g/mol. The lowest BCUT2D eigenvalue weighted by Gasteiger charge is -2.11. The first-order valence-electron chi connectivity index (χ1n) is 9.84. The third kappa shape index (κ3) is 2.53. The predicted molar refractivity (Wildman–Crippen MR) is 121 cm³/mol. The van der Waals surface area contributed by atoms with Gasteiger partial charge in [-0.1, -0.05) is 0 Å². The Morgan fingerprint density at radius 2 is 1.28 bits per heavy atom. The minimum Gasteiger partial charge on any atom is -0.381 e. The van der Waals surface area contributed by atoms with Gasteiger partial charge in [0, 0.05) is 11.1 Å². The first-order valence-corrected chi connectivity index (χ1v) is 13.1. The van der Waals surface area contributed by atoms with Crippen LogP contribution >= 0.6 is 45.3 Å². The van der Waals surface area contributed by atoms with Gasteiger partial charge in [0.15, 0.2) is 6.10 Å². The number of thiazole rings is 2. The number of aromatic nitrogens is 2. The Morgan fingerprint density at radius 1 is 0.722 bits per heavy atom. The molecule has 0 saturated heterocycles. The number of carbonyl (C=O) groups excluding carboxylic acids is 4. The van der Waals surface area contributed by atoms with Gasteiger partial charge in [-0.05, 0) is 12.1 Å². The number of halogens is 4. The van der Waals surface area contributed by atoms with E-state index in [1.54, 1.807) is 0 Å². The summed E-state index contributed by atoms with van der Waals surface area (Å²) in [4.78, 5) is 58.2. The van der Waals surface area contributed by atoms with Gasteiger partial charge in [0.2, 0.25) is 17.3 Å². The molecule has 0 fully saturated rings. The topological polar surface area (TPSA) is 114 Å². The van der Waals surface area contributed by atoms with E-state index in [0.717, 1.165) is 34.0 Å². The number of Topliss-reactive ketones (excluding diaryl/α,β-unsaturated/α-hetero) is 3. The highest BCUT2D eigenvalue weighted by molar-refractivity contribution is 7.29. The van der Waals surface area contributed by atoms with Crippen LogP contribution in [-0.2, 0) is 0 Å². The molecule has 0 bridgehead atoms. The smallest absolute Gasteiger partial charge is 0.372 e. The van der Waals surface area contributed by atoms with Crippen LogP contribution in [0.4, 0.5) is 17.6 Å². The summed E-state index contributed by atoms with van der Waals surface area (Å²) in [6.07, 6.45) is -2.24. The minimum atomic E-state index is -4.08. The van der Waals surface area contributed by atoms with Crippen molar-refractivity contribution in [2.24, 2.45) is 0 Å². The predicted octanol–water partition coefficient (Wildman–Crippen LogP) is 5.15. The molecule has 3 aliphatic carbocycles. The number of aliphatic hydroxyl groups is 1. The van der Waals surface area contributed by atoms with Crippen molar-refractivity contribution < 1.29 is 41.8 Å². The molecule has 180 valence electrons. The van der Waals surface area contributed by atoms with Crippen LogP contribution in [-0.4, -0.2) is 50.1 Å². The van der Waals surface area contributed by atoms with Gasteiger partial charge in [0.1, 0.15) is 21.4 Å². The zero-order chi connectivity index (χ0) is 25.5. The Balaban J connectivity index is 1.26. The van der Waals surface area contributed by atoms with E-state index in [4.69, 9.17) is 0 Å². The second-order valence-electron chi connectivity index (χ2n) is 8.05. The van der Waals surface area contributed by atoms with Crippen molar-refractivity contribution >= 4 is 68.5 Å². The van der Waals surface area contributed by atoms with E-state index in [0.29, 0.717) is 35.9 Å². The fourth-order valence-electron chi connectivity index (χ4n) is 4.19. The number of ketones is 4. The second-order valence-corrected chi connectivity index (χ2v) is 12.2. The van der Waals surface area contributed by atoms with Crippen LogP contribution in [0.15, 0.2) is 12.1 Å². The summed E-state index contributed by atoms with van der Waals surface area (Å²) in [5.41, 5.74) is -0.471. The maximum atomic E-state index is 13.8. The Bertz CT molecular complexity index is 1730. The number of hydrogen-bond donors (Lipinski definition) is 1. The zero-order valence-electron chi connectivity index (χ0n) is 16.9. The van der Waals surface area contributed by atoms with Crippen molar-refractivity contribution in [2.45, 2.75) is 17.9 Å². The lowest BCUT2D eigenvalue weighted by molar-refractivity contribution is -0.0696. The van der Waals surface area contributed by atoms with Crippen LogP contribution in [0.25, 0.3) is 29.5 Å². The molecule has 15 heteroatoms. The molecule has 4 heterocycles. The molecule has 1 atom stereocenters. The van der Waals surface area contributed by atoms with Gasteiger partial charge in [-0.15, -0.1) is 45.3 Å². The van der Waals surface area contributed by atoms with Gasteiger partial charge in [-0.25, -0.2) is 9.97 Å². The summed E-state index contributed by atoms with van der Waals surface area (Å²) >= 11 is 3.64. The maximum Gasteiger partial charge on any atom is 0.372 e. The van der Waals surface area contributed by atoms with Gasteiger partial charge < -0.3 is 5.11 Å². The Morgan fingerprint density at radius 3 is 1.83 bits per heavy atom. The number of rotatable bonds is 2. The largest absolute Gasteiger partial charge is 0.381 e. The van der Waals surface area contributed by atoms with E-state index in [9.17, 15) is 41.8 Å². The fourth-order valence-corrected chi connectivity index (χ4v) is 8.85. The Kier molecular flexibility index (Phi) is 4.11. The average molecular weight is 569 g/mol. The maximum absolute atomic E-state index is 13.8. The zero-order valence-corrected chi connectivity index (χ0v) is 20.1. The summed E-state index contributed by atoms with van der Waals surface area (Å²) in [6, 6.07) is 2.39. The second kappa shape index (κ2) is 6.66. The number of hydrogen-bond acceptors (Lipinski definition) is 11. The first kappa shape index (κ1) is 22.2. The summed E-state index contributed by atoms with van der Waals surface area (Å²) in [7, 11) is 0. The van der Waals surface area contributed by atoms with Crippen LogP contribution in [0, 0.1) is 0 Å². The van der Waals surface area contributed by atoms with Gasteiger partial charge in [0.05, 0.1) is 29.3 Å². The third-order valence-electron chi connectivity index (χ3n) is 5.97. The number of thiophene rings is 2. The molecule has 0 aromatic carbocycles. The molecule has 0 saturated carbocycles. The highest BCUT2D eigenvalue weighted by Crippen LogP contribution is 2.53. The molecule has 1 unspecified atom stereocenters. The molecule has 3 aliphatic rings. The standard InChI is InChI=1S/C21H4F4N2O5S4/c22-20(23)14(29)3-1-5(33-10(3)16(20)31)18-26-7-9(28)8-13(12(7)35-18)36-19(27-8)6-2-4-11(34-6)17(32)21(24,25)15(4)30/h1-2,16,31H. The van der Waals surface area contributed by atoms with E-state index in [1.807, 2.05) is 0 Å². The highest BCUT2D eigenvalue weighted by Gasteiger charge is 2.57. The quantitative estimate of drug-likeness (QED) is 0.232. The molecule has 0 spiro atoms. The Labute approximate surface area is 211 Å². The normalized spacial score (nSPS) is 20.8. The number of carbonyl (C=O) groups is 4. The fraction of sp³-hybridized carbons (Fsp3) is 0.143. The first-order chi connectivity index (χ1) is 16.9. The summed E-state index contributed by atoms with van der Waals surface area (Å²) in [5, 5.41) is 10.4. The van der Waals surface area contributed by atoms with Crippen molar-refractivity contribution in [1.29, 1.82) is 0 Å². The van der Waals surface area contributed by atoms with Crippen molar-refractivity contribution in [3.05, 3.63) is 44.4 Å². The molecule has 7 nitrogen and oxygen atoms in total. The van der Waals surface area contributed by atoms with E-state index in [-0.39, 0.29) is 37.3 Å². The van der Waals surface area contributed by atoms with Crippen LogP contribution in [0.2, 0.25) is 0 Å². The van der Waals surface area contributed by atoms with E-state index >= 15 is 0 Å². The molecule has 0 radical (unpaired) electrons. The van der Waals surface area contributed by atoms with Crippen molar-refractivity contribution in [2.75, 3.05) is 0 Å². The lowest BCUT2D eigenvalue weighted by atomic mass is 10.2. The number of aliphatic hydroxyl groups excluding tert-OH is 1. The summed E-state index contributed by atoms with van der Waals surface area (Å²) in [6.45, 7) is 0. The van der Waals surface area contributed by atoms with Gasteiger partial charge in [-0.2, -0.15) is 17.6 Å². The van der Waals surface area contributed by atoms with E-state index in [2.05, 4.69) is 9.97 Å². The SMILES string of the molecule is O=C1c2nc(-c3cc4c(s3)C(=O)C(F)(F)C4=O)sc2-c2sc(-c3cc4c(s3)C(O)C(F)(F)C4=O)nc21. The van der Waals surface area contributed by atoms with Crippen LogP contribution in [0.5, 0.6) is 0 Å². The summed E-state index contributed by atoms with van der Waals surface area (Å²) in [5.74, 6) is -13.1. The van der Waals surface area contributed by atoms with Crippen molar-refractivity contribution in [3.8, 4) is 29.5 Å².